The van der Waals surface area contributed by atoms with E-state index >= 15 is 0 Å². The van der Waals surface area contributed by atoms with Crippen molar-refractivity contribution in [1.29, 1.82) is 0 Å². The minimum absolute atomic E-state index is 0.153. The van der Waals surface area contributed by atoms with Gasteiger partial charge in [0.05, 0.1) is 11.8 Å². The lowest BCUT2D eigenvalue weighted by molar-refractivity contribution is -0.131. The van der Waals surface area contributed by atoms with Gasteiger partial charge in [0.15, 0.2) is 11.0 Å². The first-order valence-electron chi connectivity index (χ1n) is 10.1. The molecule has 29 heavy (non-hydrogen) atoms. The highest BCUT2D eigenvalue weighted by atomic mass is 32.2. The van der Waals surface area contributed by atoms with Crippen molar-refractivity contribution in [3.8, 4) is 0 Å². The molecule has 0 bridgehead atoms. The maximum atomic E-state index is 12.3. The van der Waals surface area contributed by atoms with Crippen LogP contribution >= 0.6 is 11.8 Å². The second-order valence-electron chi connectivity index (χ2n) is 8.22. The van der Waals surface area contributed by atoms with Crippen LogP contribution < -0.4 is 10.6 Å². The highest BCUT2D eigenvalue weighted by molar-refractivity contribution is 8.00. The van der Waals surface area contributed by atoms with Crippen LogP contribution in [-0.4, -0.2) is 54.8 Å². The summed E-state index contributed by atoms with van der Waals surface area (Å²) in [5.74, 6) is 0.468. The summed E-state index contributed by atoms with van der Waals surface area (Å²) in [6, 6.07) is -0.521. The summed E-state index contributed by atoms with van der Waals surface area (Å²) >= 11 is 1.24. The fraction of sp³-hybridized carbons (Fsp3) is 0.737. The number of hydrogen-bond donors (Lipinski definition) is 2. The van der Waals surface area contributed by atoms with Crippen LogP contribution in [0.4, 0.5) is 4.79 Å². The Kier molecular flexibility index (Phi) is 8.06. The zero-order chi connectivity index (χ0) is 21.6. The number of nitrogens with one attached hydrogen (secondary N) is 2. The first kappa shape index (κ1) is 23.2. The molecule has 2 rings (SSSR count). The third kappa shape index (κ3) is 7.02. The van der Waals surface area contributed by atoms with Crippen LogP contribution in [0.3, 0.4) is 0 Å². The van der Waals surface area contributed by atoms with Crippen molar-refractivity contribution in [2.24, 2.45) is 0 Å². The molecule has 4 amide bonds. The van der Waals surface area contributed by atoms with Gasteiger partial charge in [-0.3, -0.25) is 14.9 Å². The van der Waals surface area contributed by atoms with E-state index in [-0.39, 0.29) is 5.91 Å². The summed E-state index contributed by atoms with van der Waals surface area (Å²) in [5.41, 5.74) is -0.428. The van der Waals surface area contributed by atoms with Crippen LogP contribution in [0.5, 0.6) is 0 Å². The Morgan fingerprint density at radius 1 is 1.21 bits per heavy atom. The van der Waals surface area contributed by atoms with Gasteiger partial charge in [0, 0.05) is 25.0 Å². The van der Waals surface area contributed by atoms with Gasteiger partial charge in [0.25, 0.3) is 0 Å². The topological polar surface area (TPSA) is 109 Å². The molecule has 0 saturated carbocycles. The number of likely N-dealkylation sites (tertiary alicyclic amines) is 1. The summed E-state index contributed by atoms with van der Waals surface area (Å²) in [6.45, 7) is 11.0. The number of nitrogens with zero attached hydrogens (tertiary/aromatic N) is 4. The highest BCUT2D eigenvalue weighted by Crippen LogP contribution is 2.23. The maximum absolute atomic E-state index is 12.3. The number of urea groups is 1. The Hall–Kier alpha value is -2.10. The number of amides is 4. The van der Waals surface area contributed by atoms with Crippen LogP contribution in [0.15, 0.2) is 5.16 Å². The molecule has 0 aromatic carbocycles. The van der Waals surface area contributed by atoms with Crippen molar-refractivity contribution in [3.05, 3.63) is 5.82 Å². The summed E-state index contributed by atoms with van der Waals surface area (Å²) in [7, 11) is 0. The molecule has 10 heteroatoms. The second kappa shape index (κ2) is 10.1. The number of rotatable bonds is 6. The van der Waals surface area contributed by atoms with E-state index in [2.05, 4.69) is 20.8 Å². The van der Waals surface area contributed by atoms with Crippen LogP contribution in [0.25, 0.3) is 0 Å². The average molecular weight is 425 g/mol. The standard InChI is InChI=1S/C19H32N6O3S/c1-6-25-14(12-24-11-9-7-8-10-15(24)26)22-23-18(25)29-13(2)16(27)20-17(28)21-19(3,4)5/h13H,6-12H2,1-5H3,(H2,20,21,27,28)/t13-/m0/s1. The molecule has 162 valence electrons. The predicted octanol–water partition coefficient (Wildman–Crippen LogP) is 2.31. The lowest BCUT2D eigenvalue weighted by atomic mass is 10.1. The average Bonchev–Trinajstić information content (AvgIpc) is 2.87. The molecule has 1 saturated heterocycles. The Balaban J connectivity index is 2.01. The van der Waals surface area contributed by atoms with Crippen LogP contribution in [0.1, 0.15) is 66.1 Å². The monoisotopic (exact) mass is 424 g/mol. The Labute approximate surface area is 176 Å². The summed E-state index contributed by atoms with van der Waals surface area (Å²) in [5, 5.41) is 13.6. The fourth-order valence-electron chi connectivity index (χ4n) is 3.01. The first-order valence-corrected chi connectivity index (χ1v) is 11.0. The molecular formula is C19H32N6O3S. The van der Waals surface area contributed by atoms with Crippen LogP contribution in [0, 0.1) is 0 Å². The third-order valence-electron chi connectivity index (χ3n) is 4.49. The van der Waals surface area contributed by atoms with Gasteiger partial charge in [-0.1, -0.05) is 18.2 Å². The minimum Gasteiger partial charge on any atom is -0.335 e. The molecule has 1 fully saturated rings. The van der Waals surface area contributed by atoms with Crippen molar-refractivity contribution in [2.75, 3.05) is 6.54 Å². The molecule has 2 heterocycles. The minimum atomic E-state index is -0.525. The molecular weight excluding hydrogens is 392 g/mol. The van der Waals surface area contributed by atoms with Gasteiger partial charge < -0.3 is 14.8 Å². The van der Waals surface area contributed by atoms with Gasteiger partial charge >= 0.3 is 6.03 Å². The molecule has 1 atom stereocenters. The summed E-state index contributed by atoms with van der Waals surface area (Å²) in [4.78, 5) is 38.4. The zero-order valence-corrected chi connectivity index (χ0v) is 18.8. The predicted molar refractivity (Wildman–Crippen MR) is 111 cm³/mol. The van der Waals surface area contributed by atoms with Gasteiger partial charge in [-0.15, -0.1) is 10.2 Å². The van der Waals surface area contributed by atoms with Gasteiger partial charge in [-0.25, -0.2) is 4.79 Å². The molecule has 9 nitrogen and oxygen atoms in total. The smallest absolute Gasteiger partial charge is 0.321 e. The van der Waals surface area contributed by atoms with Crippen molar-refractivity contribution in [2.45, 2.75) is 89.3 Å². The van der Waals surface area contributed by atoms with E-state index in [9.17, 15) is 14.4 Å². The van der Waals surface area contributed by atoms with Gasteiger partial charge in [-0.05, 0) is 47.5 Å². The molecule has 1 aliphatic rings. The van der Waals surface area contributed by atoms with Crippen molar-refractivity contribution < 1.29 is 14.4 Å². The number of imide groups is 1. The summed E-state index contributed by atoms with van der Waals surface area (Å²) < 4.78 is 1.92. The molecule has 0 aliphatic carbocycles. The largest absolute Gasteiger partial charge is 0.335 e. The Morgan fingerprint density at radius 3 is 2.59 bits per heavy atom. The normalized spacial score (nSPS) is 16.3. The quantitative estimate of drug-likeness (QED) is 0.678. The third-order valence-corrected chi connectivity index (χ3v) is 5.57. The molecule has 0 unspecified atom stereocenters. The van der Waals surface area contributed by atoms with Crippen molar-refractivity contribution in [3.63, 3.8) is 0 Å². The number of carbonyl (C=O) groups excluding carboxylic acids is 3. The van der Waals surface area contributed by atoms with E-state index in [4.69, 9.17) is 0 Å². The van der Waals surface area contributed by atoms with Crippen molar-refractivity contribution >= 4 is 29.6 Å². The zero-order valence-electron chi connectivity index (χ0n) is 17.9. The van der Waals surface area contributed by atoms with Crippen LogP contribution in [0.2, 0.25) is 0 Å². The lowest BCUT2D eigenvalue weighted by Gasteiger charge is -2.21. The molecule has 2 N–H and O–H groups in total. The summed E-state index contributed by atoms with van der Waals surface area (Å²) in [6.07, 6.45) is 3.59. The van der Waals surface area contributed by atoms with Gasteiger partial charge in [0.1, 0.15) is 0 Å². The molecule has 1 aromatic heterocycles. The van der Waals surface area contributed by atoms with E-state index < -0.39 is 22.7 Å². The Bertz CT molecular complexity index is 743. The van der Waals surface area contributed by atoms with Gasteiger partial charge in [-0.2, -0.15) is 0 Å². The molecule has 1 aliphatic heterocycles. The van der Waals surface area contributed by atoms with E-state index in [1.807, 2.05) is 37.2 Å². The van der Waals surface area contributed by atoms with E-state index in [0.717, 1.165) is 25.8 Å². The lowest BCUT2D eigenvalue weighted by Crippen LogP contribution is -2.49. The van der Waals surface area contributed by atoms with E-state index in [0.29, 0.717) is 30.5 Å². The Morgan fingerprint density at radius 2 is 1.93 bits per heavy atom. The van der Waals surface area contributed by atoms with Gasteiger partial charge in [0.2, 0.25) is 11.8 Å². The maximum Gasteiger partial charge on any atom is 0.321 e. The SMILES string of the molecule is CCn1c(CN2CCCCCC2=O)nnc1S[C@@H](C)C(=O)NC(=O)NC(C)(C)C. The highest BCUT2D eigenvalue weighted by Gasteiger charge is 2.24. The number of aromatic nitrogens is 3. The molecule has 1 aromatic rings. The fourth-order valence-corrected chi connectivity index (χ4v) is 3.95. The van der Waals surface area contributed by atoms with E-state index in [1.165, 1.54) is 11.8 Å². The molecule has 0 radical (unpaired) electrons. The number of hydrogen-bond acceptors (Lipinski definition) is 6. The van der Waals surface area contributed by atoms with E-state index in [1.54, 1.807) is 6.92 Å². The first-order chi connectivity index (χ1) is 13.6. The van der Waals surface area contributed by atoms with Crippen LogP contribution in [-0.2, 0) is 22.7 Å². The molecule has 0 spiro atoms. The number of thioether (sulfide) groups is 1. The van der Waals surface area contributed by atoms with Crippen molar-refractivity contribution in [1.82, 2.24) is 30.3 Å². The second-order valence-corrected chi connectivity index (χ2v) is 9.53. The number of carbonyl (C=O) groups is 3.